The van der Waals surface area contributed by atoms with Crippen LogP contribution in [0.5, 0.6) is 0 Å². The Labute approximate surface area is 389 Å². The molecule has 3 fully saturated rings. The van der Waals surface area contributed by atoms with Gasteiger partial charge in [-0.1, -0.05) is 43.3 Å². The van der Waals surface area contributed by atoms with Crippen molar-refractivity contribution in [1.82, 2.24) is 4.98 Å². The first-order valence-corrected chi connectivity index (χ1v) is 21.6. The van der Waals surface area contributed by atoms with Crippen molar-refractivity contribution >= 4 is 47.8 Å². The number of hydrogen-bond acceptors (Lipinski definition) is 20. The van der Waals surface area contributed by atoms with Crippen LogP contribution in [-0.2, 0) is 66.6 Å². The molecule has 20 heteroatoms. The third kappa shape index (κ3) is 8.02. The highest BCUT2D eigenvalue weighted by Gasteiger charge is 2.92. The van der Waals surface area contributed by atoms with Gasteiger partial charge in [0, 0.05) is 46.0 Å². The third-order valence-corrected chi connectivity index (χ3v) is 13.5. The van der Waals surface area contributed by atoms with E-state index in [1.54, 1.807) is 12.1 Å². The molecule has 13 atom stereocenters. The SMILES string of the molecule is CC(=O)OC[C@]12[C@H](OC(C)=O)[C@H](OC(=O)c3ccccc3)[C@H]3OC(=O)[C@@](C)(O)[C@H](C)c4ccncc4C(=O)OC[C@@]4(C)O[C@]1([C@H](OC(=O)c1ccccc1)[C@@H]4[C@@H](OC(C)=O)[C@@H]2OC(C)=O)[C@@]3(C)O. The number of carbonyl (C=O) groups is 8. The van der Waals surface area contributed by atoms with Crippen LogP contribution in [0.3, 0.4) is 0 Å². The van der Waals surface area contributed by atoms with Crippen molar-refractivity contribution < 1.29 is 91.2 Å². The fourth-order valence-corrected chi connectivity index (χ4v) is 10.4. The van der Waals surface area contributed by atoms with Crippen LogP contribution in [0, 0.1) is 11.3 Å². The molecule has 3 aromatic rings. The van der Waals surface area contributed by atoms with Crippen molar-refractivity contribution in [3.05, 3.63) is 101 Å². The zero-order chi connectivity index (χ0) is 49.7. The molecule has 68 heavy (non-hydrogen) atoms. The smallest absolute Gasteiger partial charge is 0.340 e. The summed E-state index contributed by atoms with van der Waals surface area (Å²) >= 11 is 0. The number of aliphatic hydroxyl groups is 2. The summed E-state index contributed by atoms with van der Waals surface area (Å²) in [5, 5.41) is 26.2. The number of fused-ring (bicyclic) bond motifs is 5. The Bertz CT molecular complexity index is 2510. The lowest BCUT2D eigenvalue weighted by Crippen LogP contribution is -2.89. The average molecular weight is 946 g/mol. The Morgan fingerprint density at radius 1 is 0.706 bits per heavy atom. The number of nitrogens with zero attached hydrogens (tertiary/aromatic N) is 1. The minimum atomic E-state index is -3.05. The first-order valence-electron chi connectivity index (χ1n) is 21.6. The molecule has 4 bridgehead atoms. The Kier molecular flexibility index (Phi) is 13.0. The lowest BCUT2D eigenvalue weighted by molar-refractivity contribution is -0.385. The molecule has 2 N–H and O–H groups in total. The van der Waals surface area contributed by atoms with Crippen LogP contribution < -0.4 is 0 Å². The normalized spacial score (nSPS) is 34.9. The van der Waals surface area contributed by atoms with Crippen molar-refractivity contribution in [3.8, 4) is 0 Å². The van der Waals surface area contributed by atoms with E-state index in [0.29, 0.717) is 0 Å². The second-order valence-corrected chi connectivity index (χ2v) is 17.9. The minimum Gasteiger partial charge on any atom is -0.465 e. The number of hydrogen-bond donors (Lipinski definition) is 2. The maximum absolute atomic E-state index is 14.9. The summed E-state index contributed by atoms with van der Waals surface area (Å²) in [7, 11) is 0. The van der Waals surface area contributed by atoms with E-state index in [-0.39, 0.29) is 22.3 Å². The van der Waals surface area contributed by atoms with Gasteiger partial charge in [0.1, 0.15) is 42.0 Å². The van der Waals surface area contributed by atoms with Gasteiger partial charge >= 0.3 is 47.8 Å². The number of benzene rings is 2. The first-order chi connectivity index (χ1) is 31.9. The van der Waals surface area contributed by atoms with Gasteiger partial charge < -0.3 is 52.8 Å². The highest BCUT2D eigenvalue weighted by Crippen LogP contribution is 2.70. The van der Waals surface area contributed by atoms with Crippen LogP contribution in [0.2, 0.25) is 0 Å². The summed E-state index contributed by atoms with van der Waals surface area (Å²) in [6.45, 7) is 6.70. The highest BCUT2D eigenvalue weighted by molar-refractivity contribution is 5.92. The Balaban J connectivity index is 1.66. The summed E-state index contributed by atoms with van der Waals surface area (Å²) in [5.41, 5.74) is -13.9. The third-order valence-electron chi connectivity index (χ3n) is 13.5. The van der Waals surface area contributed by atoms with Gasteiger partial charge in [-0.15, -0.1) is 0 Å². The van der Waals surface area contributed by atoms with Crippen LogP contribution in [0.1, 0.15) is 97.9 Å². The number of aromatic nitrogens is 1. The Morgan fingerprint density at radius 2 is 1.25 bits per heavy atom. The van der Waals surface area contributed by atoms with Crippen LogP contribution in [0.25, 0.3) is 0 Å². The number of pyridine rings is 1. The van der Waals surface area contributed by atoms with Crippen LogP contribution in [0.15, 0.2) is 79.1 Å². The van der Waals surface area contributed by atoms with Gasteiger partial charge in [-0.25, -0.2) is 19.2 Å². The zero-order valence-corrected chi connectivity index (χ0v) is 38.3. The van der Waals surface area contributed by atoms with E-state index in [1.165, 1.54) is 74.6 Å². The summed E-state index contributed by atoms with van der Waals surface area (Å²) in [6, 6.07) is 16.1. The van der Waals surface area contributed by atoms with E-state index in [9.17, 15) is 48.6 Å². The number of esters is 8. The van der Waals surface area contributed by atoms with Gasteiger partial charge in [-0.05, 0) is 56.7 Å². The molecule has 362 valence electrons. The second-order valence-electron chi connectivity index (χ2n) is 17.9. The molecule has 1 spiro atoms. The first kappa shape index (κ1) is 49.1. The maximum atomic E-state index is 14.9. The molecule has 2 saturated carbocycles. The Morgan fingerprint density at radius 3 is 1.79 bits per heavy atom. The number of cyclic esters (lactones) is 1. The van der Waals surface area contributed by atoms with E-state index in [0.717, 1.165) is 47.7 Å². The van der Waals surface area contributed by atoms with Gasteiger partial charge in [0.05, 0.1) is 22.6 Å². The summed E-state index contributed by atoms with van der Waals surface area (Å²) < 4.78 is 56.1. The number of rotatable bonds is 9. The van der Waals surface area contributed by atoms with Gasteiger partial charge in [0.2, 0.25) is 0 Å². The quantitative estimate of drug-likeness (QED) is 0.230. The van der Waals surface area contributed by atoms with Crippen molar-refractivity contribution in [2.45, 2.75) is 120 Å². The highest BCUT2D eigenvalue weighted by atomic mass is 16.7. The van der Waals surface area contributed by atoms with E-state index in [4.69, 9.17) is 42.6 Å². The summed E-state index contributed by atoms with van der Waals surface area (Å²) in [5.74, 6) is -12.2. The van der Waals surface area contributed by atoms with Crippen molar-refractivity contribution in [2.24, 2.45) is 11.3 Å². The Hall–Kier alpha value is -6.77. The van der Waals surface area contributed by atoms with Gasteiger partial charge in [-0.3, -0.25) is 24.2 Å². The lowest BCUT2D eigenvalue weighted by atomic mass is 9.45. The molecule has 0 amide bonds. The molecule has 1 aromatic heterocycles. The van der Waals surface area contributed by atoms with Gasteiger partial charge in [0.25, 0.3) is 0 Å². The lowest BCUT2D eigenvalue weighted by Gasteiger charge is -2.67. The molecule has 3 heterocycles. The summed E-state index contributed by atoms with van der Waals surface area (Å²) in [4.78, 5) is 116. The van der Waals surface area contributed by atoms with Crippen LogP contribution in [0.4, 0.5) is 0 Å². The topological polar surface area (TPSA) is 273 Å². The molecule has 0 unspecified atom stereocenters. The summed E-state index contributed by atoms with van der Waals surface area (Å²) in [6.07, 6.45) is -10.6. The number of carbonyl (C=O) groups excluding carboxylic acids is 8. The number of ether oxygens (including phenoxy) is 9. The molecule has 2 aliphatic carbocycles. The molecule has 0 radical (unpaired) electrons. The van der Waals surface area contributed by atoms with E-state index in [1.807, 2.05) is 0 Å². The van der Waals surface area contributed by atoms with Crippen molar-refractivity contribution in [1.29, 1.82) is 0 Å². The van der Waals surface area contributed by atoms with Gasteiger partial charge in [0.15, 0.2) is 35.6 Å². The monoisotopic (exact) mass is 945 g/mol. The van der Waals surface area contributed by atoms with E-state index < -0.39 is 137 Å². The van der Waals surface area contributed by atoms with Crippen molar-refractivity contribution in [2.75, 3.05) is 13.2 Å². The molecular formula is C48H51NO19. The second kappa shape index (κ2) is 18.0. The molecule has 20 nitrogen and oxygen atoms in total. The molecule has 2 aliphatic heterocycles. The molecular weight excluding hydrogens is 895 g/mol. The average Bonchev–Trinajstić information content (AvgIpc) is 3.51. The minimum absolute atomic E-state index is 0.0414. The zero-order valence-electron chi connectivity index (χ0n) is 38.3. The van der Waals surface area contributed by atoms with Crippen LogP contribution in [-0.4, -0.2) is 135 Å². The molecule has 7 rings (SSSR count). The van der Waals surface area contributed by atoms with E-state index in [2.05, 4.69) is 4.98 Å². The molecule has 1 saturated heterocycles. The van der Waals surface area contributed by atoms with E-state index >= 15 is 0 Å². The molecule has 4 aliphatic rings. The predicted octanol–water partition coefficient (Wildman–Crippen LogP) is 2.74. The van der Waals surface area contributed by atoms with Crippen LogP contribution >= 0.6 is 0 Å². The molecule has 2 aromatic carbocycles. The maximum Gasteiger partial charge on any atom is 0.340 e. The fourth-order valence-electron chi connectivity index (χ4n) is 10.4. The standard InChI is InChI=1S/C48H51NO19/c1-24-31-19-20-49-21-32(31)42(56)61-22-44(6)33-34(62-26(3)51)38(63-27(4)52)47(23-60-25(2)50)39(64-28(5)53)35(65-40(54)29-15-11-9-12-16-29)37(67-43(57)45(24,7)58)46(8,59)48(47,68-44)36(33)66-41(55)30-17-13-10-14-18-30/h9-21,24,33-39,58-59H,22-23H2,1-8H3/t24-,33+,34-,35-,36-,37-,38+,39-,44-,45+,46+,47+,48-/m1/s1. The van der Waals surface area contributed by atoms with Gasteiger partial charge in [-0.2, -0.15) is 0 Å². The fraction of sp³-hybridized carbons (Fsp3) is 0.479. The predicted molar refractivity (Wildman–Crippen MR) is 227 cm³/mol. The largest absolute Gasteiger partial charge is 0.465 e. The van der Waals surface area contributed by atoms with Crippen molar-refractivity contribution in [3.63, 3.8) is 0 Å².